The molecule has 3 nitrogen and oxygen atoms in total. The van der Waals surface area contributed by atoms with Crippen molar-refractivity contribution in [1.82, 2.24) is 0 Å². The zero-order valence-corrected chi connectivity index (χ0v) is 9.56. The first-order valence-corrected chi connectivity index (χ1v) is 5.92. The van der Waals surface area contributed by atoms with Crippen LogP contribution in [-0.4, -0.2) is 38.0 Å². The Morgan fingerprint density at radius 3 is 2.81 bits per heavy atom. The molecule has 3 heteroatoms. The minimum Gasteiger partial charge on any atom is -0.396 e. The molecule has 0 atom stereocenters. The van der Waals surface area contributed by atoms with Crippen molar-refractivity contribution in [3.63, 3.8) is 0 Å². The Hall–Kier alpha value is -1.06. The molecule has 0 aliphatic carbocycles. The molecule has 0 bridgehead atoms. The number of rotatable bonds is 4. The van der Waals surface area contributed by atoms with Gasteiger partial charge in [0, 0.05) is 25.4 Å². The van der Waals surface area contributed by atoms with E-state index in [4.69, 9.17) is 9.84 Å². The van der Waals surface area contributed by atoms with Crippen LogP contribution in [0.5, 0.6) is 0 Å². The van der Waals surface area contributed by atoms with Gasteiger partial charge in [-0.15, -0.1) is 0 Å². The van der Waals surface area contributed by atoms with Gasteiger partial charge >= 0.3 is 0 Å². The highest BCUT2D eigenvalue weighted by Gasteiger charge is 2.10. The maximum atomic E-state index is 8.82. The van der Waals surface area contributed by atoms with Crippen LogP contribution in [0, 0.1) is 0 Å². The van der Waals surface area contributed by atoms with Gasteiger partial charge in [-0.1, -0.05) is 12.1 Å². The van der Waals surface area contributed by atoms with Crippen LogP contribution >= 0.6 is 0 Å². The zero-order valence-electron chi connectivity index (χ0n) is 9.56. The second kappa shape index (κ2) is 5.87. The maximum Gasteiger partial charge on any atom is 0.0642 e. The van der Waals surface area contributed by atoms with Gasteiger partial charge < -0.3 is 14.7 Å². The first kappa shape index (κ1) is 11.4. The van der Waals surface area contributed by atoms with E-state index in [1.54, 1.807) is 0 Å². The highest BCUT2D eigenvalue weighted by Crippen LogP contribution is 2.18. The number of aliphatic hydroxyl groups is 1. The van der Waals surface area contributed by atoms with Crippen LogP contribution in [0.1, 0.15) is 12.0 Å². The van der Waals surface area contributed by atoms with Gasteiger partial charge in [-0.25, -0.2) is 0 Å². The predicted molar refractivity (Wildman–Crippen MR) is 64.9 cm³/mol. The number of morpholine rings is 1. The summed E-state index contributed by atoms with van der Waals surface area (Å²) >= 11 is 0. The molecule has 2 rings (SSSR count). The molecule has 0 spiro atoms. The van der Waals surface area contributed by atoms with Crippen molar-refractivity contribution in [3.05, 3.63) is 29.8 Å². The summed E-state index contributed by atoms with van der Waals surface area (Å²) in [5, 5.41) is 8.82. The van der Waals surface area contributed by atoms with E-state index in [0.29, 0.717) is 0 Å². The van der Waals surface area contributed by atoms with E-state index >= 15 is 0 Å². The van der Waals surface area contributed by atoms with Crippen molar-refractivity contribution in [1.29, 1.82) is 0 Å². The van der Waals surface area contributed by atoms with Crippen LogP contribution in [-0.2, 0) is 11.2 Å². The zero-order chi connectivity index (χ0) is 11.2. The van der Waals surface area contributed by atoms with Crippen LogP contribution in [0.2, 0.25) is 0 Å². The summed E-state index contributed by atoms with van der Waals surface area (Å²) in [5.74, 6) is 0. The normalized spacial score (nSPS) is 16.4. The number of anilines is 1. The van der Waals surface area contributed by atoms with E-state index in [1.165, 1.54) is 11.3 Å². The van der Waals surface area contributed by atoms with Gasteiger partial charge in [0.15, 0.2) is 0 Å². The monoisotopic (exact) mass is 221 g/mol. The first-order chi connectivity index (χ1) is 7.90. The Bertz CT molecular complexity index is 321. The van der Waals surface area contributed by atoms with Gasteiger partial charge in [0.05, 0.1) is 13.2 Å². The van der Waals surface area contributed by atoms with Gasteiger partial charge in [-0.2, -0.15) is 0 Å². The van der Waals surface area contributed by atoms with Crippen molar-refractivity contribution in [2.45, 2.75) is 12.8 Å². The predicted octanol–water partition coefficient (Wildman–Crippen LogP) is 1.45. The lowest BCUT2D eigenvalue weighted by molar-refractivity contribution is 0.122. The van der Waals surface area contributed by atoms with Crippen molar-refractivity contribution in [2.24, 2.45) is 0 Å². The van der Waals surface area contributed by atoms with Crippen molar-refractivity contribution in [3.8, 4) is 0 Å². The van der Waals surface area contributed by atoms with E-state index < -0.39 is 0 Å². The molecule has 1 saturated heterocycles. The lowest BCUT2D eigenvalue weighted by Crippen LogP contribution is -2.36. The highest BCUT2D eigenvalue weighted by atomic mass is 16.5. The molecule has 1 heterocycles. The van der Waals surface area contributed by atoms with E-state index in [-0.39, 0.29) is 6.61 Å². The molecule has 1 N–H and O–H groups in total. The van der Waals surface area contributed by atoms with Crippen LogP contribution in [0.15, 0.2) is 24.3 Å². The average molecular weight is 221 g/mol. The lowest BCUT2D eigenvalue weighted by Gasteiger charge is -2.29. The molecule has 1 aromatic rings. The Morgan fingerprint density at radius 2 is 2.06 bits per heavy atom. The summed E-state index contributed by atoms with van der Waals surface area (Å²) in [6.45, 7) is 3.86. The standard InChI is InChI=1S/C13H19NO2/c15-8-2-4-12-3-1-5-13(11-12)14-6-9-16-10-7-14/h1,3,5,11,15H,2,4,6-10H2. The number of benzene rings is 1. The smallest absolute Gasteiger partial charge is 0.0642 e. The highest BCUT2D eigenvalue weighted by molar-refractivity contribution is 5.48. The topological polar surface area (TPSA) is 32.7 Å². The van der Waals surface area contributed by atoms with Crippen molar-refractivity contribution < 1.29 is 9.84 Å². The molecule has 0 amide bonds. The number of ether oxygens (including phenoxy) is 1. The summed E-state index contributed by atoms with van der Waals surface area (Å²) in [7, 11) is 0. The second-order valence-electron chi connectivity index (χ2n) is 4.10. The lowest BCUT2D eigenvalue weighted by atomic mass is 10.1. The molecule has 16 heavy (non-hydrogen) atoms. The third-order valence-electron chi connectivity index (χ3n) is 2.91. The van der Waals surface area contributed by atoms with E-state index in [1.807, 2.05) is 0 Å². The molecule has 1 aliphatic rings. The van der Waals surface area contributed by atoms with Crippen molar-refractivity contribution in [2.75, 3.05) is 37.8 Å². The molecule has 0 unspecified atom stereocenters. The third-order valence-corrected chi connectivity index (χ3v) is 2.91. The number of aryl methyl sites for hydroxylation is 1. The minimum absolute atomic E-state index is 0.266. The average Bonchev–Trinajstić information content (AvgIpc) is 2.38. The minimum atomic E-state index is 0.266. The molecule has 0 radical (unpaired) electrons. The molecular weight excluding hydrogens is 202 g/mol. The first-order valence-electron chi connectivity index (χ1n) is 5.92. The molecule has 0 saturated carbocycles. The number of hydrogen-bond acceptors (Lipinski definition) is 3. The fourth-order valence-corrected chi connectivity index (χ4v) is 2.01. The van der Waals surface area contributed by atoms with Crippen molar-refractivity contribution >= 4 is 5.69 Å². The molecule has 1 fully saturated rings. The van der Waals surface area contributed by atoms with Crippen LogP contribution in [0.25, 0.3) is 0 Å². The summed E-state index contributed by atoms with van der Waals surface area (Å²) in [4.78, 5) is 2.35. The van der Waals surface area contributed by atoms with Crippen LogP contribution in [0.3, 0.4) is 0 Å². The van der Waals surface area contributed by atoms with E-state index in [9.17, 15) is 0 Å². The van der Waals surface area contributed by atoms with E-state index in [2.05, 4.69) is 29.2 Å². The second-order valence-corrected chi connectivity index (χ2v) is 4.10. The Balaban J connectivity index is 2.02. The fourth-order valence-electron chi connectivity index (χ4n) is 2.01. The van der Waals surface area contributed by atoms with Crippen LogP contribution < -0.4 is 4.90 Å². The van der Waals surface area contributed by atoms with Gasteiger partial charge in [-0.3, -0.25) is 0 Å². The number of aliphatic hydroxyl groups excluding tert-OH is 1. The van der Waals surface area contributed by atoms with E-state index in [0.717, 1.165) is 39.1 Å². The van der Waals surface area contributed by atoms with Crippen LogP contribution in [0.4, 0.5) is 5.69 Å². The Morgan fingerprint density at radius 1 is 1.25 bits per heavy atom. The summed E-state index contributed by atoms with van der Waals surface area (Å²) in [5.41, 5.74) is 2.58. The van der Waals surface area contributed by atoms with Gasteiger partial charge in [0.25, 0.3) is 0 Å². The summed E-state index contributed by atoms with van der Waals surface area (Å²) in [6.07, 6.45) is 1.79. The van der Waals surface area contributed by atoms with Gasteiger partial charge in [-0.05, 0) is 30.5 Å². The Labute approximate surface area is 96.6 Å². The molecule has 1 aliphatic heterocycles. The SMILES string of the molecule is OCCCc1cccc(N2CCOCC2)c1. The largest absolute Gasteiger partial charge is 0.396 e. The fraction of sp³-hybridized carbons (Fsp3) is 0.538. The third kappa shape index (κ3) is 2.97. The molecule has 1 aromatic carbocycles. The summed E-state index contributed by atoms with van der Waals surface area (Å²) < 4.78 is 5.34. The van der Waals surface area contributed by atoms with Gasteiger partial charge in [0.2, 0.25) is 0 Å². The van der Waals surface area contributed by atoms with Gasteiger partial charge in [0.1, 0.15) is 0 Å². The molecular formula is C13H19NO2. The number of hydrogen-bond donors (Lipinski definition) is 1. The maximum absolute atomic E-state index is 8.82. The molecule has 0 aromatic heterocycles. The number of nitrogens with zero attached hydrogens (tertiary/aromatic N) is 1. The Kier molecular flexibility index (Phi) is 4.19. The molecule has 88 valence electrons. The summed E-state index contributed by atoms with van der Waals surface area (Å²) in [6, 6.07) is 8.59. The quantitative estimate of drug-likeness (QED) is 0.835.